The Morgan fingerprint density at radius 3 is 2.15 bits per heavy atom. The molecule has 3 unspecified atom stereocenters. The molecular weight excluding hydrogens is 158 g/mol. The van der Waals surface area contributed by atoms with E-state index in [9.17, 15) is 0 Å². The molecule has 0 amide bonds. The zero-order valence-corrected chi connectivity index (χ0v) is 8.68. The molecule has 0 aliphatic heterocycles. The van der Waals surface area contributed by atoms with Gasteiger partial charge in [0.15, 0.2) is 0 Å². The van der Waals surface area contributed by atoms with Crippen molar-refractivity contribution < 1.29 is 0 Å². The zero-order valence-electron chi connectivity index (χ0n) is 8.68. The van der Waals surface area contributed by atoms with Gasteiger partial charge in [-0.3, -0.25) is 0 Å². The summed E-state index contributed by atoms with van der Waals surface area (Å²) in [5.74, 6) is 0.913. The van der Waals surface area contributed by atoms with E-state index in [0.717, 1.165) is 11.3 Å². The van der Waals surface area contributed by atoms with Gasteiger partial charge in [0.1, 0.15) is 0 Å². The molecule has 74 valence electrons. The Morgan fingerprint density at radius 1 is 1.08 bits per heavy atom. The van der Waals surface area contributed by atoms with Crippen molar-refractivity contribution in [3.8, 4) is 0 Å². The van der Waals surface area contributed by atoms with Crippen LogP contribution in [0.25, 0.3) is 0 Å². The highest BCUT2D eigenvalue weighted by Gasteiger charge is 2.60. The molecule has 3 fully saturated rings. The zero-order chi connectivity index (χ0) is 9.10. The standard InChI is InChI=1S/C12H21N/c1-9-7-11(3-2-4-11)5-6-12(9)8-10(12)13/h9-10H,2-8,13H2,1H3. The van der Waals surface area contributed by atoms with Crippen molar-refractivity contribution in [1.29, 1.82) is 0 Å². The van der Waals surface area contributed by atoms with Crippen molar-refractivity contribution in [1.82, 2.24) is 0 Å². The maximum absolute atomic E-state index is 6.07. The maximum Gasteiger partial charge on any atom is 0.0105 e. The van der Waals surface area contributed by atoms with Crippen LogP contribution in [0.4, 0.5) is 0 Å². The van der Waals surface area contributed by atoms with Crippen molar-refractivity contribution in [2.45, 2.75) is 57.9 Å². The van der Waals surface area contributed by atoms with Gasteiger partial charge >= 0.3 is 0 Å². The summed E-state index contributed by atoms with van der Waals surface area (Å²) in [6.07, 6.45) is 10.3. The minimum Gasteiger partial charge on any atom is -0.327 e. The van der Waals surface area contributed by atoms with Crippen LogP contribution in [-0.4, -0.2) is 6.04 Å². The summed E-state index contributed by atoms with van der Waals surface area (Å²) in [5, 5.41) is 0. The lowest BCUT2D eigenvalue weighted by Crippen LogP contribution is -2.40. The molecular formula is C12H21N. The van der Waals surface area contributed by atoms with E-state index in [1.165, 1.54) is 44.9 Å². The molecule has 0 saturated heterocycles. The molecule has 2 spiro atoms. The molecule has 0 aromatic carbocycles. The van der Waals surface area contributed by atoms with Gasteiger partial charge in [-0.15, -0.1) is 0 Å². The number of nitrogens with two attached hydrogens (primary N) is 1. The van der Waals surface area contributed by atoms with E-state index in [2.05, 4.69) is 6.92 Å². The van der Waals surface area contributed by atoms with Crippen LogP contribution in [0.1, 0.15) is 51.9 Å². The van der Waals surface area contributed by atoms with E-state index >= 15 is 0 Å². The third-order valence-corrected chi connectivity index (χ3v) is 5.43. The molecule has 3 aliphatic carbocycles. The van der Waals surface area contributed by atoms with Crippen LogP contribution in [0.2, 0.25) is 0 Å². The lowest BCUT2D eigenvalue weighted by Gasteiger charge is -2.50. The molecule has 0 heterocycles. The predicted molar refractivity (Wildman–Crippen MR) is 54.3 cm³/mol. The molecule has 2 N–H and O–H groups in total. The summed E-state index contributed by atoms with van der Waals surface area (Å²) in [6, 6.07) is 0.555. The van der Waals surface area contributed by atoms with E-state index in [4.69, 9.17) is 5.73 Å². The van der Waals surface area contributed by atoms with E-state index < -0.39 is 0 Å². The van der Waals surface area contributed by atoms with Crippen LogP contribution >= 0.6 is 0 Å². The second-order valence-electron chi connectivity index (χ2n) is 6.00. The fraction of sp³-hybridized carbons (Fsp3) is 1.00. The molecule has 0 aromatic rings. The third-order valence-electron chi connectivity index (χ3n) is 5.43. The highest BCUT2D eigenvalue weighted by atomic mass is 14.8. The first kappa shape index (κ1) is 8.28. The van der Waals surface area contributed by atoms with Gasteiger partial charge in [-0.25, -0.2) is 0 Å². The van der Waals surface area contributed by atoms with Gasteiger partial charge in [-0.1, -0.05) is 13.3 Å². The SMILES string of the molecule is CC1CC2(CCC2)CCC12CC2N. The van der Waals surface area contributed by atoms with E-state index in [-0.39, 0.29) is 0 Å². The van der Waals surface area contributed by atoms with Crippen molar-refractivity contribution >= 4 is 0 Å². The molecule has 0 radical (unpaired) electrons. The first-order valence-electron chi connectivity index (χ1n) is 5.93. The molecule has 13 heavy (non-hydrogen) atoms. The first-order chi connectivity index (χ1) is 6.17. The van der Waals surface area contributed by atoms with Gasteiger partial charge in [0.2, 0.25) is 0 Å². The Labute approximate surface area is 81.1 Å². The molecule has 1 heteroatoms. The summed E-state index contributed by atoms with van der Waals surface area (Å²) < 4.78 is 0. The molecule has 3 rings (SSSR count). The van der Waals surface area contributed by atoms with Crippen LogP contribution in [0.5, 0.6) is 0 Å². The minimum atomic E-state index is 0.555. The molecule has 0 bridgehead atoms. The Balaban J connectivity index is 1.74. The minimum absolute atomic E-state index is 0.555. The Hall–Kier alpha value is -0.0400. The monoisotopic (exact) mass is 179 g/mol. The Bertz CT molecular complexity index is 231. The first-order valence-corrected chi connectivity index (χ1v) is 5.93. The number of rotatable bonds is 0. The van der Waals surface area contributed by atoms with E-state index in [1.807, 2.05) is 0 Å². The van der Waals surface area contributed by atoms with Crippen molar-refractivity contribution in [3.63, 3.8) is 0 Å². The number of hydrogen-bond acceptors (Lipinski definition) is 1. The smallest absolute Gasteiger partial charge is 0.0105 e. The highest BCUT2D eigenvalue weighted by Crippen LogP contribution is 2.65. The Morgan fingerprint density at radius 2 is 1.77 bits per heavy atom. The largest absolute Gasteiger partial charge is 0.327 e. The lowest BCUT2D eigenvalue weighted by molar-refractivity contribution is 0.0114. The highest BCUT2D eigenvalue weighted by molar-refractivity contribution is 5.13. The molecule has 3 saturated carbocycles. The molecule has 1 nitrogen and oxygen atoms in total. The van der Waals surface area contributed by atoms with Crippen LogP contribution in [0.15, 0.2) is 0 Å². The second-order valence-corrected chi connectivity index (χ2v) is 6.00. The summed E-state index contributed by atoms with van der Waals surface area (Å²) in [4.78, 5) is 0. The average molecular weight is 179 g/mol. The number of hydrogen-bond donors (Lipinski definition) is 1. The second kappa shape index (κ2) is 2.31. The summed E-state index contributed by atoms with van der Waals surface area (Å²) in [7, 11) is 0. The van der Waals surface area contributed by atoms with Gasteiger partial charge in [0.25, 0.3) is 0 Å². The van der Waals surface area contributed by atoms with Gasteiger partial charge in [-0.2, -0.15) is 0 Å². The van der Waals surface area contributed by atoms with Crippen molar-refractivity contribution in [2.75, 3.05) is 0 Å². The Kier molecular flexibility index (Phi) is 1.47. The van der Waals surface area contributed by atoms with Gasteiger partial charge < -0.3 is 5.73 Å². The fourth-order valence-corrected chi connectivity index (χ4v) is 4.03. The van der Waals surface area contributed by atoms with Crippen LogP contribution in [0.3, 0.4) is 0 Å². The quantitative estimate of drug-likeness (QED) is 0.608. The molecule has 0 aromatic heterocycles. The summed E-state index contributed by atoms with van der Waals surface area (Å²) >= 11 is 0. The summed E-state index contributed by atoms with van der Waals surface area (Å²) in [6.45, 7) is 2.45. The van der Waals surface area contributed by atoms with Crippen LogP contribution < -0.4 is 5.73 Å². The molecule has 3 aliphatic rings. The van der Waals surface area contributed by atoms with Crippen LogP contribution in [0, 0.1) is 16.7 Å². The third kappa shape index (κ3) is 0.971. The lowest BCUT2D eigenvalue weighted by atomic mass is 9.55. The average Bonchev–Trinajstić information content (AvgIpc) is 2.67. The molecule has 3 atom stereocenters. The topological polar surface area (TPSA) is 26.0 Å². The van der Waals surface area contributed by atoms with E-state index in [1.54, 1.807) is 0 Å². The van der Waals surface area contributed by atoms with Gasteiger partial charge in [0.05, 0.1) is 0 Å². The normalized spacial score (nSPS) is 52.2. The van der Waals surface area contributed by atoms with Crippen LogP contribution in [-0.2, 0) is 0 Å². The van der Waals surface area contributed by atoms with Gasteiger partial charge in [-0.05, 0) is 55.3 Å². The van der Waals surface area contributed by atoms with E-state index in [0.29, 0.717) is 11.5 Å². The maximum atomic E-state index is 6.07. The van der Waals surface area contributed by atoms with Crippen molar-refractivity contribution in [3.05, 3.63) is 0 Å². The fourth-order valence-electron chi connectivity index (χ4n) is 4.03. The van der Waals surface area contributed by atoms with Gasteiger partial charge in [0, 0.05) is 6.04 Å². The predicted octanol–water partition coefficient (Wildman–Crippen LogP) is 2.69. The van der Waals surface area contributed by atoms with Crippen molar-refractivity contribution in [2.24, 2.45) is 22.5 Å². The summed E-state index contributed by atoms with van der Waals surface area (Å²) in [5.41, 5.74) is 7.48.